The van der Waals surface area contributed by atoms with Crippen molar-refractivity contribution in [2.24, 2.45) is 5.92 Å². The maximum absolute atomic E-state index is 14.7. The number of halogens is 1. The van der Waals surface area contributed by atoms with E-state index in [9.17, 15) is 14.7 Å². The lowest BCUT2D eigenvalue weighted by atomic mass is 9.82. The molecule has 2 aliphatic heterocycles. The number of aromatic nitrogens is 3. The Bertz CT molecular complexity index is 1520. The van der Waals surface area contributed by atoms with Crippen LogP contribution in [-0.4, -0.2) is 73.5 Å². The number of ether oxygens (including phenoxy) is 3. The van der Waals surface area contributed by atoms with Crippen LogP contribution in [0.15, 0.2) is 48.7 Å². The molecule has 1 N–H and O–H groups in total. The van der Waals surface area contributed by atoms with Crippen LogP contribution in [0.25, 0.3) is 0 Å². The van der Waals surface area contributed by atoms with Crippen molar-refractivity contribution < 1.29 is 28.9 Å². The van der Waals surface area contributed by atoms with E-state index < -0.39 is 13.7 Å². The van der Waals surface area contributed by atoms with E-state index in [1.165, 1.54) is 12.3 Å². The van der Waals surface area contributed by atoms with Gasteiger partial charge in [-0.2, -0.15) is 0 Å². The van der Waals surface area contributed by atoms with Crippen molar-refractivity contribution >= 4 is 53.4 Å². The van der Waals surface area contributed by atoms with E-state index in [0.717, 1.165) is 26.3 Å². The minimum atomic E-state index is -2.26. The van der Waals surface area contributed by atoms with E-state index in [0.29, 0.717) is 45.2 Å². The van der Waals surface area contributed by atoms with Crippen molar-refractivity contribution in [1.29, 1.82) is 0 Å². The molecule has 0 radical (unpaired) electrons. The van der Waals surface area contributed by atoms with Gasteiger partial charge in [-0.1, -0.05) is 42.6 Å². The van der Waals surface area contributed by atoms with Gasteiger partial charge in [-0.25, -0.2) is 0 Å². The van der Waals surface area contributed by atoms with E-state index in [1.807, 2.05) is 40.0 Å². The smallest absolute Gasteiger partial charge is 0.305 e. The number of hydrogen-bond donors (Lipinski definition) is 1. The number of carbonyl (C=O) groups is 2. The zero-order valence-electron chi connectivity index (χ0n) is 26.7. The number of anilines is 1. The van der Waals surface area contributed by atoms with Crippen LogP contribution in [0.4, 0.5) is 5.69 Å². The molecule has 1 amide bonds. The highest BCUT2D eigenvalue weighted by atomic mass is 127. The molecule has 5 rings (SSSR count). The zero-order valence-corrected chi connectivity index (χ0v) is 29.8. The highest BCUT2D eigenvalue weighted by Crippen LogP contribution is 2.60. The van der Waals surface area contributed by atoms with Gasteiger partial charge in [-0.3, -0.25) is 14.3 Å². The topological polar surface area (TPSA) is 116 Å². The normalized spacial score (nSPS) is 22.7. The molecule has 0 aliphatic carbocycles. The maximum Gasteiger partial charge on any atom is 0.305 e. The van der Waals surface area contributed by atoms with Crippen molar-refractivity contribution in [2.75, 3.05) is 32.3 Å². The molecule has 1 spiro atoms. The summed E-state index contributed by atoms with van der Waals surface area (Å²) in [5.41, 5.74) is 1.56. The molecule has 1 saturated heterocycles. The third-order valence-electron chi connectivity index (χ3n) is 9.63. The first kappa shape index (κ1) is 33.5. The van der Waals surface area contributed by atoms with Gasteiger partial charge in [0, 0.05) is 53.8 Å². The van der Waals surface area contributed by atoms with Crippen molar-refractivity contribution in [3.8, 4) is 5.75 Å². The molecule has 0 bridgehead atoms. The van der Waals surface area contributed by atoms with Gasteiger partial charge in [-0.05, 0) is 77.7 Å². The molecular weight excluding hydrogens is 703 g/mol. The first-order valence-corrected chi connectivity index (χ1v) is 19.7. The predicted octanol–water partition coefficient (Wildman–Crippen LogP) is 4.42. The summed E-state index contributed by atoms with van der Waals surface area (Å²) >= 11 is 2.31. The molecule has 12 heteroatoms. The summed E-state index contributed by atoms with van der Waals surface area (Å²) in [5, 5.41) is 19.1. The Morgan fingerprint density at radius 3 is 2.58 bits per heavy atom. The highest BCUT2D eigenvalue weighted by molar-refractivity contribution is 14.1. The van der Waals surface area contributed by atoms with E-state index in [2.05, 4.69) is 71.1 Å². The molecule has 45 heavy (non-hydrogen) atoms. The number of benzene rings is 2. The van der Waals surface area contributed by atoms with Crippen LogP contribution in [-0.2, 0) is 37.6 Å². The van der Waals surface area contributed by atoms with Gasteiger partial charge in [-0.15, -0.1) is 5.10 Å². The quantitative estimate of drug-likeness (QED) is 0.118. The Labute approximate surface area is 279 Å². The Balaban J connectivity index is 1.51. The van der Waals surface area contributed by atoms with Crippen LogP contribution >= 0.6 is 22.6 Å². The number of nitrogens with zero attached hydrogens (tertiary/aromatic N) is 4. The molecule has 2 aliphatic rings. The summed E-state index contributed by atoms with van der Waals surface area (Å²) < 4.78 is 20.3. The van der Waals surface area contributed by atoms with Crippen molar-refractivity contribution in [3.05, 3.63) is 63.5 Å². The number of carbonyl (C=O) groups excluding carboxylic acids is 2. The van der Waals surface area contributed by atoms with E-state index in [4.69, 9.17) is 14.2 Å². The fourth-order valence-electron chi connectivity index (χ4n) is 7.36. The van der Waals surface area contributed by atoms with Gasteiger partial charge in [0.1, 0.15) is 5.75 Å². The third-order valence-corrected chi connectivity index (χ3v) is 14.7. The van der Waals surface area contributed by atoms with Gasteiger partial charge < -0.3 is 24.2 Å². The van der Waals surface area contributed by atoms with Crippen molar-refractivity contribution in [2.45, 2.75) is 75.9 Å². The minimum absolute atomic E-state index is 0.0215. The second kappa shape index (κ2) is 13.9. The molecule has 1 aromatic heterocycles. The number of hydrogen-bond acceptors (Lipinski definition) is 8. The summed E-state index contributed by atoms with van der Waals surface area (Å²) in [7, 11) is 0.804. The van der Waals surface area contributed by atoms with Crippen molar-refractivity contribution in [1.82, 2.24) is 15.0 Å². The molecule has 0 saturated carbocycles. The number of aryl methyl sites for hydroxylation is 1. The molecule has 3 aromatic rings. The Morgan fingerprint density at radius 1 is 1.13 bits per heavy atom. The first-order valence-electron chi connectivity index (χ1n) is 15.6. The van der Waals surface area contributed by atoms with Gasteiger partial charge in [0.15, 0.2) is 5.60 Å². The summed E-state index contributed by atoms with van der Waals surface area (Å²) in [6.45, 7) is 8.05. The fraction of sp³-hybridized carbons (Fsp3) is 0.515. The SMILES string of the molecule is COC(=O)CCCCN1C(=O)[C@@]2(O[C@@H](CCn3cc(CCO)nn3)[C@H]([Si](C)(C)c3ccc(OC)cc3)[C@H]2C)c2cc(I)ccc21. The number of rotatable bonds is 13. The number of esters is 1. The van der Waals surface area contributed by atoms with Crippen LogP contribution < -0.4 is 14.8 Å². The minimum Gasteiger partial charge on any atom is -0.497 e. The molecule has 3 heterocycles. The molecule has 242 valence electrons. The van der Waals surface area contributed by atoms with Crippen LogP contribution in [0.3, 0.4) is 0 Å². The van der Waals surface area contributed by atoms with Crippen LogP contribution in [0.1, 0.15) is 43.9 Å². The Kier molecular flexibility index (Phi) is 10.4. The number of methoxy groups -OCH3 is 2. The fourth-order valence-corrected chi connectivity index (χ4v) is 11.9. The number of aliphatic hydroxyl groups excluding tert-OH is 1. The van der Waals surface area contributed by atoms with E-state index in [1.54, 1.807) is 7.11 Å². The second-order valence-electron chi connectivity index (χ2n) is 12.5. The lowest BCUT2D eigenvalue weighted by molar-refractivity contribution is -0.146. The van der Waals surface area contributed by atoms with Gasteiger partial charge >= 0.3 is 5.97 Å². The Morgan fingerprint density at radius 2 is 1.89 bits per heavy atom. The molecular formula is C33H43IN4O6Si. The third kappa shape index (κ3) is 6.43. The molecule has 1 fully saturated rings. The number of amides is 1. The molecule has 10 nitrogen and oxygen atoms in total. The predicted molar refractivity (Wildman–Crippen MR) is 182 cm³/mol. The average Bonchev–Trinajstić information content (AvgIpc) is 3.68. The monoisotopic (exact) mass is 746 g/mol. The average molecular weight is 747 g/mol. The molecule has 0 unspecified atom stereocenters. The van der Waals surface area contributed by atoms with E-state index >= 15 is 0 Å². The largest absolute Gasteiger partial charge is 0.497 e. The summed E-state index contributed by atoms with van der Waals surface area (Å²) in [5.74, 6) is 0.447. The summed E-state index contributed by atoms with van der Waals surface area (Å²) in [6, 6.07) is 14.5. The number of unbranched alkanes of at least 4 members (excludes halogenated alkanes) is 1. The van der Waals surface area contributed by atoms with Gasteiger partial charge in [0.25, 0.3) is 5.91 Å². The highest BCUT2D eigenvalue weighted by Gasteiger charge is 2.66. The van der Waals surface area contributed by atoms with Crippen LogP contribution in [0.5, 0.6) is 5.75 Å². The number of aliphatic hydroxyl groups is 1. The lowest BCUT2D eigenvalue weighted by Gasteiger charge is -2.37. The van der Waals surface area contributed by atoms with Gasteiger partial charge in [0.2, 0.25) is 0 Å². The summed E-state index contributed by atoms with van der Waals surface area (Å²) in [6.07, 6.45) is 4.43. The van der Waals surface area contributed by atoms with Crippen LogP contribution in [0, 0.1) is 9.49 Å². The lowest BCUT2D eigenvalue weighted by Crippen LogP contribution is -2.52. The summed E-state index contributed by atoms with van der Waals surface area (Å²) in [4.78, 5) is 28.3. The molecule has 4 atom stereocenters. The second-order valence-corrected chi connectivity index (χ2v) is 18.5. The van der Waals surface area contributed by atoms with Gasteiger partial charge in [0.05, 0.1) is 39.8 Å². The number of fused-ring (bicyclic) bond motifs is 2. The first-order chi connectivity index (χ1) is 21.6. The standard InChI is InChI=1S/C33H43IN4O6Si/c1-22-31(45(4,5)26-12-10-25(42-2)11-13-26)29(15-18-37-21-24(16-19-39)35-36-37)44-33(22)27-20-23(34)9-14-28(27)38(32(33)41)17-7-6-8-30(40)43-3/h9-14,20-22,29,31,39H,6-8,15-19H2,1-5H3/t22-,29+,31-,33+/m1/s1. The Hall–Kier alpha value is -2.81. The molecule has 2 aromatic carbocycles. The maximum atomic E-state index is 14.7. The van der Waals surface area contributed by atoms with Crippen molar-refractivity contribution in [3.63, 3.8) is 0 Å². The van der Waals surface area contributed by atoms with Crippen LogP contribution in [0.2, 0.25) is 18.6 Å². The zero-order chi connectivity index (χ0) is 32.4. The van der Waals surface area contributed by atoms with E-state index in [-0.39, 0.29) is 36.0 Å².